The van der Waals surface area contributed by atoms with Crippen molar-refractivity contribution in [3.05, 3.63) is 53.6 Å². The number of hydrogen-bond donors (Lipinski definition) is 1. The van der Waals surface area contributed by atoms with Crippen molar-refractivity contribution in [2.75, 3.05) is 13.2 Å². The van der Waals surface area contributed by atoms with Crippen LogP contribution in [-0.4, -0.2) is 28.5 Å². The minimum Gasteiger partial charge on any atom is -0.381 e. The molecule has 1 aromatic heterocycles. The van der Waals surface area contributed by atoms with Crippen LogP contribution in [0.1, 0.15) is 43.9 Å². The minimum atomic E-state index is -0.186. The average molecular weight is 331 g/mol. The van der Waals surface area contributed by atoms with Gasteiger partial charge in [0.25, 0.3) is 0 Å². The number of nitrogens with zero attached hydrogens (tertiary/aromatic N) is 2. The van der Waals surface area contributed by atoms with Gasteiger partial charge < -0.3 is 10.1 Å². The van der Waals surface area contributed by atoms with Crippen LogP contribution in [0.4, 0.5) is 4.39 Å². The molecule has 1 aromatic carbocycles. The fraction of sp³-hybridized carbons (Fsp3) is 0.526. The zero-order chi connectivity index (χ0) is 17.0. The summed E-state index contributed by atoms with van der Waals surface area (Å²) < 4.78 is 20.7. The third-order valence-corrected chi connectivity index (χ3v) is 4.76. The molecule has 0 saturated carbocycles. The fourth-order valence-electron chi connectivity index (χ4n) is 3.21. The maximum Gasteiger partial charge on any atom is 0.123 e. The summed E-state index contributed by atoms with van der Waals surface area (Å²) in [6, 6.07) is 7.20. The second kappa shape index (κ2) is 7.45. The van der Waals surface area contributed by atoms with Gasteiger partial charge in [-0.15, -0.1) is 0 Å². The van der Waals surface area contributed by atoms with Gasteiger partial charge in [0, 0.05) is 43.1 Å². The van der Waals surface area contributed by atoms with Crippen molar-refractivity contribution in [1.82, 2.24) is 15.1 Å². The van der Waals surface area contributed by atoms with Gasteiger partial charge in [-0.1, -0.05) is 12.1 Å². The molecule has 0 spiro atoms. The number of rotatable bonds is 6. The lowest BCUT2D eigenvalue weighted by molar-refractivity contribution is 0.0373. The molecule has 0 bridgehead atoms. The lowest BCUT2D eigenvalue weighted by atomic mass is 9.83. The first-order valence-electron chi connectivity index (χ1n) is 8.67. The van der Waals surface area contributed by atoms with Gasteiger partial charge in [0.05, 0.1) is 6.20 Å². The Hall–Kier alpha value is -1.72. The van der Waals surface area contributed by atoms with E-state index in [-0.39, 0.29) is 11.4 Å². The molecular formula is C19H26FN3O. The maximum absolute atomic E-state index is 13.2. The van der Waals surface area contributed by atoms with E-state index in [9.17, 15) is 4.39 Å². The van der Waals surface area contributed by atoms with Crippen LogP contribution in [0.2, 0.25) is 0 Å². The number of ether oxygens (including phenoxy) is 1. The average Bonchev–Trinajstić information content (AvgIpc) is 3.06. The molecule has 24 heavy (non-hydrogen) atoms. The van der Waals surface area contributed by atoms with Crippen molar-refractivity contribution < 1.29 is 9.13 Å². The molecule has 1 saturated heterocycles. The molecule has 0 amide bonds. The van der Waals surface area contributed by atoms with Crippen LogP contribution < -0.4 is 5.32 Å². The van der Waals surface area contributed by atoms with E-state index in [1.165, 1.54) is 17.7 Å². The van der Waals surface area contributed by atoms with Gasteiger partial charge in [0.2, 0.25) is 0 Å². The Balaban J connectivity index is 1.69. The first-order chi connectivity index (χ1) is 11.6. The molecular weight excluding hydrogens is 305 g/mol. The van der Waals surface area contributed by atoms with Crippen LogP contribution >= 0.6 is 0 Å². The van der Waals surface area contributed by atoms with Crippen molar-refractivity contribution in [2.45, 2.75) is 51.2 Å². The normalized spacial score (nSPS) is 17.3. The molecule has 0 radical (unpaired) electrons. The Bertz CT molecular complexity index is 645. The summed E-state index contributed by atoms with van der Waals surface area (Å²) >= 11 is 0. The standard InChI is InChI=1S/C19H26FN3O/c1-15(2)23-14-17(13-22-23)12-21-19(7-9-24-10-8-19)11-16-3-5-18(20)6-4-16/h3-6,13-15,21H,7-12H2,1-2H3. The second-order valence-electron chi connectivity index (χ2n) is 6.97. The predicted molar refractivity (Wildman–Crippen MR) is 92.3 cm³/mol. The third-order valence-electron chi connectivity index (χ3n) is 4.76. The molecule has 3 rings (SSSR count). The quantitative estimate of drug-likeness (QED) is 0.881. The van der Waals surface area contributed by atoms with E-state index in [0.29, 0.717) is 6.04 Å². The minimum absolute atomic E-state index is 0.00396. The molecule has 2 aromatic rings. The van der Waals surface area contributed by atoms with Crippen LogP contribution in [0, 0.1) is 5.82 Å². The summed E-state index contributed by atoms with van der Waals surface area (Å²) in [5.74, 6) is -0.186. The molecule has 1 aliphatic rings. The second-order valence-corrected chi connectivity index (χ2v) is 6.97. The Morgan fingerprint density at radius 3 is 2.54 bits per heavy atom. The molecule has 4 nitrogen and oxygen atoms in total. The van der Waals surface area contributed by atoms with Crippen molar-refractivity contribution in [3.63, 3.8) is 0 Å². The van der Waals surface area contributed by atoms with Gasteiger partial charge in [-0.2, -0.15) is 5.10 Å². The fourth-order valence-corrected chi connectivity index (χ4v) is 3.21. The van der Waals surface area contributed by atoms with E-state index < -0.39 is 0 Å². The Morgan fingerprint density at radius 1 is 1.21 bits per heavy atom. The van der Waals surface area contributed by atoms with E-state index in [0.717, 1.165) is 44.6 Å². The summed E-state index contributed by atoms with van der Waals surface area (Å²) in [5.41, 5.74) is 2.34. The molecule has 0 unspecified atom stereocenters. The van der Waals surface area contributed by atoms with E-state index in [2.05, 4.69) is 30.5 Å². The zero-order valence-electron chi connectivity index (χ0n) is 14.5. The summed E-state index contributed by atoms with van der Waals surface area (Å²) in [7, 11) is 0. The highest BCUT2D eigenvalue weighted by molar-refractivity contribution is 5.19. The molecule has 2 heterocycles. The summed E-state index contributed by atoms with van der Waals surface area (Å²) in [5, 5.41) is 8.15. The Kier molecular flexibility index (Phi) is 5.31. The molecule has 0 atom stereocenters. The highest BCUT2D eigenvalue weighted by Crippen LogP contribution is 2.26. The SMILES string of the molecule is CC(C)n1cc(CNC2(Cc3ccc(F)cc3)CCOCC2)cn1. The van der Waals surface area contributed by atoms with E-state index in [4.69, 9.17) is 4.74 Å². The van der Waals surface area contributed by atoms with Crippen molar-refractivity contribution in [3.8, 4) is 0 Å². The number of halogens is 1. The maximum atomic E-state index is 13.2. The molecule has 130 valence electrons. The first-order valence-corrected chi connectivity index (χ1v) is 8.67. The van der Waals surface area contributed by atoms with Gasteiger partial charge in [-0.3, -0.25) is 4.68 Å². The molecule has 1 aliphatic heterocycles. The molecule has 0 aliphatic carbocycles. The zero-order valence-corrected chi connectivity index (χ0v) is 14.5. The van der Waals surface area contributed by atoms with Crippen LogP contribution in [0.3, 0.4) is 0 Å². The Morgan fingerprint density at radius 2 is 1.92 bits per heavy atom. The van der Waals surface area contributed by atoms with Gasteiger partial charge >= 0.3 is 0 Å². The van der Waals surface area contributed by atoms with Crippen LogP contribution in [0.5, 0.6) is 0 Å². The molecule has 1 N–H and O–H groups in total. The lowest BCUT2D eigenvalue weighted by Crippen LogP contribution is -2.50. The number of aromatic nitrogens is 2. The van der Waals surface area contributed by atoms with Gasteiger partial charge in [0.15, 0.2) is 0 Å². The smallest absolute Gasteiger partial charge is 0.123 e. The van der Waals surface area contributed by atoms with Crippen molar-refractivity contribution >= 4 is 0 Å². The van der Waals surface area contributed by atoms with Crippen molar-refractivity contribution in [1.29, 1.82) is 0 Å². The number of nitrogens with one attached hydrogen (secondary N) is 1. The summed E-state index contributed by atoms with van der Waals surface area (Å²) in [6.45, 7) is 6.56. The van der Waals surface area contributed by atoms with E-state index in [1.54, 1.807) is 0 Å². The van der Waals surface area contributed by atoms with E-state index in [1.807, 2.05) is 23.0 Å². The highest BCUT2D eigenvalue weighted by atomic mass is 19.1. The number of hydrogen-bond acceptors (Lipinski definition) is 3. The van der Waals surface area contributed by atoms with Gasteiger partial charge in [-0.25, -0.2) is 4.39 Å². The predicted octanol–water partition coefficient (Wildman–Crippen LogP) is 3.48. The van der Waals surface area contributed by atoms with Gasteiger partial charge in [-0.05, 0) is 50.8 Å². The Labute approximate surface area is 143 Å². The topological polar surface area (TPSA) is 39.1 Å². The van der Waals surface area contributed by atoms with E-state index >= 15 is 0 Å². The van der Waals surface area contributed by atoms with Crippen molar-refractivity contribution in [2.24, 2.45) is 0 Å². The summed E-state index contributed by atoms with van der Waals surface area (Å²) in [6.07, 6.45) is 6.83. The number of benzene rings is 1. The monoisotopic (exact) mass is 331 g/mol. The molecule has 1 fully saturated rings. The van der Waals surface area contributed by atoms with Gasteiger partial charge in [0.1, 0.15) is 5.82 Å². The first kappa shape index (κ1) is 17.1. The lowest BCUT2D eigenvalue weighted by Gasteiger charge is -2.38. The van der Waals surface area contributed by atoms with Crippen LogP contribution in [0.15, 0.2) is 36.7 Å². The third kappa shape index (κ3) is 4.22. The largest absolute Gasteiger partial charge is 0.381 e. The highest BCUT2D eigenvalue weighted by Gasteiger charge is 2.32. The summed E-state index contributed by atoms with van der Waals surface area (Å²) in [4.78, 5) is 0. The van der Waals surface area contributed by atoms with Crippen LogP contribution in [0.25, 0.3) is 0 Å². The van der Waals surface area contributed by atoms with Crippen LogP contribution in [-0.2, 0) is 17.7 Å². The molecule has 5 heteroatoms.